The molecule has 0 bridgehead atoms. The number of esters is 1. The van der Waals surface area contributed by atoms with Gasteiger partial charge < -0.3 is 15.0 Å². The van der Waals surface area contributed by atoms with Gasteiger partial charge in [0.1, 0.15) is 0 Å². The van der Waals surface area contributed by atoms with Gasteiger partial charge in [-0.2, -0.15) is 0 Å². The zero-order chi connectivity index (χ0) is 18.4. The van der Waals surface area contributed by atoms with Crippen molar-refractivity contribution in [1.82, 2.24) is 5.32 Å². The lowest BCUT2D eigenvalue weighted by Gasteiger charge is -2.20. The number of amides is 1. The molecule has 1 fully saturated rings. The number of nitrogens with zero attached hydrogens (tertiary/aromatic N) is 1. The van der Waals surface area contributed by atoms with Gasteiger partial charge in [-0.25, -0.2) is 13.2 Å². The van der Waals surface area contributed by atoms with Gasteiger partial charge in [0, 0.05) is 24.8 Å². The average Bonchev–Trinajstić information content (AvgIpc) is 2.93. The maximum atomic E-state index is 12.0. The highest BCUT2D eigenvalue weighted by Crippen LogP contribution is 2.15. The highest BCUT2D eigenvalue weighted by molar-refractivity contribution is 7.91. The van der Waals surface area contributed by atoms with Gasteiger partial charge in [0.2, 0.25) is 0 Å². The molecule has 0 aliphatic carbocycles. The van der Waals surface area contributed by atoms with Crippen LogP contribution in [0.5, 0.6) is 0 Å². The molecule has 0 aromatic heterocycles. The lowest BCUT2D eigenvalue weighted by molar-refractivity contribution is -0.124. The molecular weight excluding hydrogens is 344 g/mol. The van der Waals surface area contributed by atoms with E-state index in [0.29, 0.717) is 12.0 Å². The monoisotopic (exact) mass is 368 g/mol. The maximum absolute atomic E-state index is 12.0. The summed E-state index contributed by atoms with van der Waals surface area (Å²) in [7, 11) is -3.06. The highest BCUT2D eigenvalue weighted by atomic mass is 32.2. The quantitative estimate of drug-likeness (QED) is 0.722. The minimum absolute atomic E-state index is 0.0560. The van der Waals surface area contributed by atoms with E-state index in [4.69, 9.17) is 4.74 Å². The predicted octanol–water partition coefficient (Wildman–Crippen LogP) is 0.993. The normalized spacial score (nSPS) is 18.6. The fraction of sp³-hybridized carbons (Fsp3) is 0.529. The van der Waals surface area contributed by atoms with Crippen LogP contribution < -0.4 is 10.2 Å². The van der Waals surface area contributed by atoms with Crippen molar-refractivity contribution in [2.75, 3.05) is 36.1 Å². The molecule has 25 heavy (non-hydrogen) atoms. The first kappa shape index (κ1) is 19.2. The molecule has 138 valence electrons. The van der Waals surface area contributed by atoms with Gasteiger partial charge in [0.25, 0.3) is 5.91 Å². The molecule has 1 heterocycles. The molecule has 1 saturated heterocycles. The van der Waals surface area contributed by atoms with E-state index in [1.807, 2.05) is 12.1 Å². The van der Waals surface area contributed by atoms with E-state index < -0.39 is 34.4 Å². The van der Waals surface area contributed by atoms with E-state index in [-0.39, 0.29) is 11.5 Å². The first-order chi connectivity index (χ1) is 11.8. The number of benzene rings is 1. The van der Waals surface area contributed by atoms with E-state index in [0.717, 1.165) is 18.8 Å². The summed E-state index contributed by atoms with van der Waals surface area (Å²) in [6.45, 7) is 5.43. The van der Waals surface area contributed by atoms with E-state index in [1.165, 1.54) is 0 Å². The number of carbonyl (C=O) groups excluding carboxylic acids is 2. The van der Waals surface area contributed by atoms with E-state index in [1.54, 1.807) is 12.1 Å². The third-order valence-corrected chi connectivity index (χ3v) is 5.93. The fourth-order valence-corrected chi connectivity index (χ4v) is 4.46. The molecule has 0 unspecified atom stereocenters. The third kappa shape index (κ3) is 5.45. The van der Waals surface area contributed by atoms with Crippen LogP contribution in [0.3, 0.4) is 0 Å². The second kappa shape index (κ2) is 8.33. The molecule has 1 aromatic carbocycles. The Morgan fingerprint density at radius 1 is 1.20 bits per heavy atom. The molecule has 8 heteroatoms. The molecule has 1 aliphatic heterocycles. The highest BCUT2D eigenvalue weighted by Gasteiger charge is 2.29. The molecule has 0 spiro atoms. The lowest BCUT2D eigenvalue weighted by Crippen LogP contribution is -2.38. The van der Waals surface area contributed by atoms with Crippen LogP contribution >= 0.6 is 0 Å². The summed E-state index contributed by atoms with van der Waals surface area (Å²) in [5.41, 5.74) is 1.38. The molecule has 2 rings (SSSR count). The van der Waals surface area contributed by atoms with Crippen molar-refractivity contribution >= 4 is 27.4 Å². The van der Waals surface area contributed by atoms with E-state index >= 15 is 0 Å². The summed E-state index contributed by atoms with van der Waals surface area (Å²) in [6.07, 6.45) is 0.398. The van der Waals surface area contributed by atoms with Gasteiger partial charge in [-0.1, -0.05) is 0 Å². The van der Waals surface area contributed by atoms with E-state index in [2.05, 4.69) is 24.1 Å². The zero-order valence-electron chi connectivity index (χ0n) is 14.5. The Hall–Kier alpha value is -2.09. The van der Waals surface area contributed by atoms with Crippen LogP contribution in [0.15, 0.2) is 24.3 Å². The minimum atomic E-state index is -3.06. The molecule has 1 N–H and O–H groups in total. The maximum Gasteiger partial charge on any atom is 0.338 e. The Labute approximate surface area is 148 Å². The first-order valence-electron chi connectivity index (χ1n) is 8.36. The van der Waals surface area contributed by atoms with Crippen molar-refractivity contribution in [3.8, 4) is 0 Å². The number of sulfone groups is 1. The van der Waals surface area contributed by atoms with Crippen LogP contribution in [-0.2, 0) is 19.4 Å². The topological polar surface area (TPSA) is 92.8 Å². The van der Waals surface area contributed by atoms with Crippen LogP contribution in [-0.4, -0.2) is 57.5 Å². The van der Waals surface area contributed by atoms with Gasteiger partial charge in [-0.05, 0) is 44.5 Å². The number of nitrogens with one attached hydrogen (secondary N) is 1. The summed E-state index contributed by atoms with van der Waals surface area (Å²) in [6, 6.07) is 6.61. The average molecular weight is 368 g/mol. The van der Waals surface area contributed by atoms with Crippen molar-refractivity contribution in [1.29, 1.82) is 0 Å². The van der Waals surface area contributed by atoms with Crippen molar-refractivity contribution in [2.24, 2.45) is 0 Å². The van der Waals surface area contributed by atoms with Crippen molar-refractivity contribution < 1.29 is 22.7 Å². The minimum Gasteiger partial charge on any atom is -0.452 e. The fourth-order valence-electron chi connectivity index (χ4n) is 2.79. The van der Waals surface area contributed by atoms with Crippen LogP contribution in [0.2, 0.25) is 0 Å². The number of hydrogen-bond acceptors (Lipinski definition) is 6. The van der Waals surface area contributed by atoms with Gasteiger partial charge in [0.05, 0.1) is 17.1 Å². The molecule has 1 aromatic rings. The Morgan fingerprint density at radius 2 is 1.84 bits per heavy atom. The summed E-state index contributed by atoms with van der Waals surface area (Å²) in [5, 5.41) is 2.58. The Balaban J connectivity index is 1.82. The molecular formula is C17H24N2O5S. The molecule has 0 saturated carbocycles. The summed E-state index contributed by atoms with van der Waals surface area (Å²) >= 11 is 0. The van der Waals surface area contributed by atoms with Crippen LogP contribution in [0.1, 0.15) is 30.6 Å². The van der Waals surface area contributed by atoms with Crippen LogP contribution in [0.25, 0.3) is 0 Å². The van der Waals surface area contributed by atoms with Crippen LogP contribution in [0.4, 0.5) is 5.69 Å². The van der Waals surface area contributed by atoms with Crippen molar-refractivity contribution in [3.05, 3.63) is 29.8 Å². The Bertz CT molecular complexity index is 711. The van der Waals surface area contributed by atoms with Gasteiger partial charge >= 0.3 is 5.97 Å². The SMILES string of the molecule is CCN(CC)c1ccc(C(=O)OCC(=O)N[C@@H]2CCS(=O)(=O)C2)cc1. The standard InChI is InChI=1S/C17H24N2O5S/c1-3-19(4-2)15-7-5-13(6-8-15)17(21)24-11-16(20)18-14-9-10-25(22,23)12-14/h5-8,14H,3-4,9-12H2,1-2H3,(H,18,20)/t14-/m1/s1. The molecule has 1 atom stereocenters. The Kier molecular flexibility index (Phi) is 6.41. The number of carbonyl (C=O) groups is 2. The van der Waals surface area contributed by atoms with Gasteiger partial charge in [0.15, 0.2) is 16.4 Å². The second-order valence-corrected chi connectivity index (χ2v) is 8.19. The number of anilines is 1. The zero-order valence-corrected chi connectivity index (χ0v) is 15.3. The molecule has 7 nitrogen and oxygen atoms in total. The van der Waals surface area contributed by atoms with Crippen LogP contribution in [0, 0.1) is 0 Å². The number of hydrogen-bond donors (Lipinski definition) is 1. The Morgan fingerprint density at radius 3 is 2.36 bits per heavy atom. The predicted molar refractivity (Wildman–Crippen MR) is 95.5 cm³/mol. The largest absolute Gasteiger partial charge is 0.452 e. The second-order valence-electron chi connectivity index (χ2n) is 5.96. The molecule has 1 amide bonds. The van der Waals surface area contributed by atoms with Crippen molar-refractivity contribution in [2.45, 2.75) is 26.3 Å². The molecule has 1 aliphatic rings. The van der Waals surface area contributed by atoms with E-state index in [9.17, 15) is 18.0 Å². The van der Waals surface area contributed by atoms with Gasteiger partial charge in [-0.3, -0.25) is 4.79 Å². The molecule has 0 radical (unpaired) electrons. The first-order valence-corrected chi connectivity index (χ1v) is 10.2. The summed E-state index contributed by atoms with van der Waals surface area (Å²) < 4.78 is 27.7. The van der Waals surface area contributed by atoms with Gasteiger partial charge in [-0.15, -0.1) is 0 Å². The summed E-state index contributed by atoms with van der Waals surface area (Å²) in [4.78, 5) is 25.9. The van der Waals surface area contributed by atoms with Crippen molar-refractivity contribution in [3.63, 3.8) is 0 Å². The number of ether oxygens (including phenoxy) is 1. The lowest BCUT2D eigenvalue weighted by atomic mass is 10.2. The smallest absolute Gasteiger partial charge is 0.338 e. The number of rotatable bonds is 7. The third-order valence-electron chi connectivity index (χ3n) is 4.16. The summed E-state index contributed by atoms with van der Waals surface area (Å²) in [5.74, 6) is -1.05.